The predicted octanol–water partition coefficient (Wildman–Crippen LogP) is 2.34. The van der Waals surface area contributed by atoms with E-state index in [-0.39, 0.29) is 12.4 Å². The summed E-state index contributed by atoms with van der Waals surface area (Å²) in [7, 11) is 0. The van der Waals surface area contributed by atoms with Crippen LogP contribution in [0.2, 0.25) is 0 Å². The van der Waals surface area contributed by atoms with E-state index in [1.165, 1.54) is 0 Å². The van der Waals surface area contributed by atoms with E-state index in [2.05, 4.69) is 12.2 Å². The zero-order valence-corrected chi connectivity index (χ0v) is 10.2. The Bertz CT molecular complexity index is 232. The highest BCUT2D eigenvalue weighted by Gasteiger charge is 2.32. The van der Waals surface area contributed by atoms with Gasteiger partial charge in [0.1, 0.15) is 6.10 Å². The molecule has 1 aliphatic carbocycles. The van der Waals surface area contributed by atoms with Crippen molar-refractivity contribution >= 4 is 11.6 Å². The molecule has 0 N–H and O–H groups in total. The Balaban J connectivity index is 1.68. The van der Waals surface area contributed by atoms with E-state index in [9.17, 15) is 0 Å². The van der Waals surface area contributed by atoms with E-state index in [4.69, 9.17) is 25.8 Å². The zero-order valence-electron chi connectivity index (χ0n) is 9.44. The van der Waals surface area contributed by atoms with E-state index >= 15 is 0 Å². The maximum absolute atomic E-state index is 5.82. The molecule has 0 saturated carbocycles. The number of allylic oxidation sites excluding steroid dienone is 2. The lowest BCUT2D eigenvalue weighted by atomic mass is 9.94. The van der Waals surface area contributed by atoms with Crippen LogP contribution in [-0.4, -0.2) is 38.1 Å². The molecule has 16 heavy (non-hydrogen) atoms. The van der Waals surface area contributed by atoms with Crippen molar-refractivity contribution in [2.24, 2.45) is 5.92 Å². The van der Waals surface area contributed by atoms with Crippen LogP contribution in [0, 0.1) is 5.92 Å². The second kappa shape index (κ2) is 6.60. The van der Waals surface area contributed by atoms with E-state index in [0.717, 1.165) is 19.3 Å². The Morgan fingerprint density at radius 1 is 1.38 bits per heavy atom. The van der Waals surface area contributed by atoms with Gasteiger partial charge in [-0.25, -0.2) is 0 Å². The number of hydrogen-bond donors (Lipinski definition) is 0. The maximum atomic E-state index is 5.82. The van der Waals surface area contributed by atoms with Crippen LogP contribution in [0.15, 0.2) is 12.2 Å². The topological polar surface area (TPSA) is 27.7 Å². The molecule has 0 aromatic rings. The Labute approximate surface area is 102 Å². The van der Waals surface area contributed by atoms with Crippen molar-refractivity contribution in [1.82, 2.24) is 0 Å². The van der Waals surface area contributed by atoms with Gasteiger partial charge in [0.2, 0.25) is 0 Å². The lowest BCUT2D eigenvalue weighted by Crippen LogP contribution is -2.25. The Morgan fingerprint density at radius 2 is 2.31 bits per heavy atom. The van der Waals surface area contributed by atoms with Crippen LogP contribution in [0.1, 0.15) is 19.3 Å². The summed E-state index contributed by atoms with van der Waals surface area (Å²) >= 11 is 5.53. The molecular formula is C12H19ClO3. The third-order valence-electron chi connectivity index (χ3n) is 2.99. The molecule has 0 spiro atoms. The summed E-state index contributed by atoms with van der Waals surface area (Å²) in [6, 6.07) is 0. The van der Waals surface area contributed by atoms with Crippen molar-refractivity contribution < 1.29 is 14.2 Å². The van der Waals surface area contributed by atoms with Crippen LogP contribution in [0.25, 0.3) is 0 Å². The monoisotopic (exact) mass is 246 g/mol. The average molecular weight is 247 g/mol. The van der Waals surface area contributed by atoms with Gasteiger partial charge < -0.3 is 14.2 Å². The molecule has 3 unspecified atom stereocenters. The van der Waals surface area contributed by atoms with Crippen molar-refractivity contribution in [2.75, 3.05) is 25.7 Å². The molecule has 3 atom stereocenters. The molecule has 1 saturated heterocycles. The highest BCUT2D eigenvalue weighted by molar-refractivity contribution is 6.17. The second-order valence-corrected chi connectivity index (χ2v) is 4.65. The predicted molar refractivity (Wildman–Crippen MR) is 62.6 cm³/mol. The Hall–Kier alpha value is -0.0900. The number of alkyl halides is 1. The van der Waals surface area contributed by atoms with Gasteiger partial charge in [0.15, 0.2) is 6.29 Å². The lowest BCUT2D eigenvalue weighted by Gasteiger charge is -2.23. The number of hydrogen-bond acceptors (Lipinski definition) is 3. The van der Waals surface area contributed by atoms with Crippen LogP contribution < -0.4 is 0 Å². The van der Waals surface area contributed by atoms with Crippen LogP contribution in [-0.2, 0) is 14.2 Å². The van der Waals surface area contributed by atoms with E-state index in [1.807, 2.05) is 0 Å². The van der Waals surface area contributed by atoms with Gasteiger partial charge in [0, 0.05) is 11.8 Å². The third-order valence-corrected chi connectivity index (χ3v) is 3.15. The first-order valence-electron chi connectivity index (χ1n) is 5.96. The summed E-state index contributed by atoms with van der Waals surface area (Å²) in [4.78, 5) is 0. The second-order valence-electron chi connectivity index (χ2n) is 4.27. The molecule has 0 aromatic heterocycles. The average Bonchev–Trinajstić information content (AvgIpc) is 2.79. The fourth-order valence-corrected chi connectivity index (χ4v) is 2.25. The third kappa shape index (κ3) is 3.45. The summed E-state index contributed by atoms with van der Waals surface area (Å²) in [5.41, 5.74) is 0. The molecule has 2 aliphatic rings. The normalized spacial score (nSPS) is 34.4. The minimum atomic E-state index is -0.0328. The van der Waals surface area contributed by atoms with Gasteiger partial charge in [0.05, 0.1) is 19.8 Å². The molecule has 0 aromatic carbocycles. The van der Waals surface area contributed by atoms with Gasteiger partial charge in [-0.2, -0.15) is 0 Å². The van der Waals surface area contributed by atoms with Crippen LogP contribution >= 0.6 is 11.6 Å². The first-order valence-corrected chi connectivity index (χ1v) is 6.49. The number of halogens is 1. The van der Waals surface area contributed by atoms with Gasteiger partial charge in [-0.1, -0.05) is 12.2 Å². The highest BCUT2D eigenvalue weighted by atomic mass is 35.5. The van der Waals surface area contributed by atoms with Crippen molar-refractivity contribution in [3.05, 3.63) is 12.2 Å². The maximum Gasteiger partial charge on any atom is 0.161 e. The highest BCUT2D eigenvalue weighted by Crippen LogP contribution is 2.28. The van der Waals surface area contributed by atoms with E-state index in [0.29, 0.717) is 31.6 Å². The van der Waals surface area contributed by atoms with Gasteiger partial charge >= 0.3 is 0 Å². The Kier molecular flexibility index (Phi) is 5.10. The zero-order chi connectivity index (χ0) is 11.2. The van der Waals surface area contributed by atoms with Crippen LogP contribution in [0.3, 0.4) is 0 Å². The molecule has 2 rings (SSSR count). The Morgan fingerprint density at radius 3 is 3.06 bits per heavy atom. The first kappa shape index (κ1) is 12.4. The van der Waals surface area contributed by atoms with Gasteiger partial charge in [-0.05, 0) is 19.3 Å². The fourth-order valence-electron chi connectivity index (χ4n) is 2.14. The molecule has 4 heteroatoms. The summed E-state index contributed by atoms with van der Waals surface area (Å²) in [5, 5.41) is 0. The van der Waals surface area contributed by atoms with Crippen LogP contribution in [0.5, 0.6) is 0 Å². The van der Waals surface area contributed by atoms with E-state index < -0.39 is 0 Å². The van der Waals surface area contributed by atoms with Crippen LogP contribution in [0.4, 0.5) is 0 Å². The van der Waals surface area contributed by atoms with Gasteiger partial charge in [-0.15, -0.1) is 11.6 Å². The summed E-state index contributed by atoms with van der Waals surface area (Å²) < 4.78 is 16.8. The summed E-state index contributed by atoms with van der Waals surface area (Å²) in [6.45, 7) is 1.82. The molecular weight excluding hydrogens is 228 g/mol. The van der Waals surface area contributed by atoms with Gasteiger partial charge in [0.25, 0.3) is 0 Å². The lowest BCUT2D eigenvalue weighted by molar-refractivity contribution is -0.107. The van der Waals surface area contributed by atoms with Gasteiger partial charge in [-0.3, -0.25) is 0 Å². The largest absolute Gasteiger partial charge is 0.377 e. The number of ether oxygens (including phenoxy) is 3. The van der Waals surface area contributed by atoms with Crippen molar-refractivity contribution in [3.63, 3.8) is 0 Å². The molecule has 0 radical (unpaired) electrons. The minimum absolute atomic E-state index is 0.0328. The van der Waals surface area contributed by atoms with Crippen molar-refractivity contribution in [1.29, 1.82) is 0 Å². The summed E-state index contributed by atoms with van der Waals surface area (Å²) in [6.07, 6.45) is 7.87. The number of rotatable bonds is 5. The van der Waals surface area contributed by atoms with Crippen molar-refractivity contribution in [3.8, 4) is 0 Å². The SMILES string of the molecule is ClCCOCC1COC(C2CC=CCC2)O1. The molecule has 3 nitrogen and oxygen atoms in total. The summed E-state index contributed by atoms with van der Waals surface area (Å²) in [5.74, 6) is 1.05. The molecule has 92 valence electrons. The fraction of sp³-hybridized carbons (Fsp3) is 0.833. The quantitative estimate of drug-likeness (QED) is 0.423. The molecule has 1 aliphatic heterocycles. The molecule has 1 fully saturated rings. The minimum Gasteiger partial charge on any atom is -0.377 e. The van der Waals surface area contributed by atoms with E-state index in [1.54, 1.807) is 0 Å². The molecule has 0 bridgehead atoms. The molecule has 1 heterocycles. The molecule has 0 amide bonds. The van der Waals surface area contributed by atoms with Crippen molar-refractivity contribution in [2.45, 2.75) is 31.7 Å². The smallest absolute Gasteiger partial charge is 0.161 e. The standard InChI is InChI=1S/C12H19ClO3/c13-6-7-14-8-11-9-15-12(16-11)10-4-2-1-3-5-10/h1-2,10-12H,3-9H2. The first-order chi connectivity index (χ1) is 7.90.